The fraction of sp³-hybridized carbons (Fsp3) is 0.571. The number of fused-ring (bicyclic) bond motifs is 1. The third-order valence-electron chi connectivity index (χ3n) is 4.10. The van der Waals surface area contributed by atoms with Crippen molar-refractivity contribution in [1.82, 2.24) is 14.5 Å². The number of nitrogens with two attached hydrogens (primary N) is 1. The zero-order valence-electron chi connectivity index (χ0n) is 11.1. The standard InChI is InChI=1S/C14H20N4/c1-9-5-3-4-6-12(9)18-13-11(17-14(18)15)8-7-10(2)16-13/h7-9,12H,3-6H2,1-2H3,(H2,15,17). The highest BCUT2D eigenvalue weighted by molar-refractivity contribution is 5.74. The second-order valence-corrected chi connectivity index (χ2v) is 5.46. The van der Waals surface area contributed by atoms with E-state index in [9.17, 15) is 0 Å². The minimum absolute atomic E-state index is 0.457. The number of anilines is 1. The molecule has 1 saturated carbocycles. The van der Waals surface area contributed by atoms with E-state index in [1.54, 1.807) is 0 Å². The SMILES string of the molecule is Cc1ccc2nc(N)n(C3CCCCC3C)c2n1. The first-order chi connectivity index (χ1) is 8.66. The van der Waals surface area contributed by atoms with Gasteiger partial charge in [0, 0.05) is 11.7 Å². The lowest BCUT2D eigenvalue weighted by Crippen LogP contribution is -2.22. The van der Waals surface area contributed by atoms with Crippen LogP contribution in [0.3, 0.4) is 0 Å². The van der Waals surface area contributed by atoms with E-state index in [0.29, 0.717) is 17.9 Å². The van der Waals surface area contributed by atoms with Gasteiger partial charge < -0.3 is 5.73 Å². The lowest BCUT2D eigenvalue weighted by molar-refractivity contribution is 0.263. The molecule has 96 valence electrons. The molecule has 0 bridgehead atoms. The van der Waals surface area contributed by atoms with Gasteiger partial charge in [0.15, 0.2) is 5.65 Å². The Morgan fingerprint density at radius 1 is 1.22 bits per heavy atom. The van der Waals surface area contributed by atoms with Crippen LogP contribution in [0, 0.1) is 12.8 Å². The van der Waals surface area contributed by atoms with Gasteiger partial charge in [0.2, 0.25) is 5.95 Å². The Morgan fingerprint density at radius 3 is 2.78 bits per heavy atom. The maximum absolute atomic E-state index is 6.11. The quantitative estimate of drug-likeness (QED) is 0.838. The average molecular weight is 244 g/mol. The van der Waals surface area contributed by atoms with Crippen LogP contribution in [0.1, 0.15) is 44.3 Å². The predicted octanol–water partition coefficient (Wildman–Crippen LogP) is 3.07. The molecule has 1 fully saturated rings. The molecule has 0 aromatic carbocycles. The third kappa shape index (κ3) is 1.76. The maximum atomic E-state index is 6.11. The number of aromatic nitrogens is 3. The van der Waals surface area contributed by atoms with Crippen LogP contribution in [0.5, 0.6) is 0 Å². The third-order valence-corrected chi connectivity index (χ3v) is 4.10. The van der Waals surface area contributed by atoms with Gasteiger partial charge in [-0.2, -0.15) is 0 Å². The molecule has 2 aromatic heterocycles. The van der Waals surface area contributed by atoms with Gasteiger partial charge in [-0.1, -0.05) is 19.8 Å². The van der Waals surface area contributed by atoms with Gasteiger partial charge in [-0.25, -0.2) is 9.97 Å². The summed E-state index contributed by atoms with van der Waals surface area (Å²) in [7, 11) is 0. The van der Waals surface area contributed by atoms with Crippen molar-refractivity contribution in [2.45, 2.75) is 45.6 Å². The molecule has 2 atom stereocenters. The fourth-order valence-corrected chi connectivity index (χ4v) is 3.09. The molecule has 2 N–H and O–H groups in total. The molecular formula is C14H20N4. The van der Waals surface area contributed by atoms with Crippen LogP contribution in [0.2, 0.25) is 0 Å². The molecule has 4 heteroatoms. The van der Waals surface area contributed by atoms with Crippen molar-refractivity contribution < 1.29 is 0 Å². The lowest BCUT2D eigenvalue weighted by Gasteiger charge is -2.30. The summed E-state index contributed by atoms with van der Waals surface area (Å²) in [6.07, 6.45) is 5.07. The highest BCUT2D eigenvalue weighted by Gasteiger charge is 2.26. The molecular weight excluding hydrogens is 224 g/mol. The van der Waals surface area contributed by atoms with Crippen LogP contribution in [0.4, 0.5) is 5.95 Å². The Bertz CT molecular complexity index is 572. The molecule has 2 heterocycles. The summed E-state index contributed by atoms with van der Waals surface area (Å²) in [4.78, 5) is 9.07. The van der Waals surface area contributed by atoms with E-state index in [-0.39, 0.29) is 0 Å². The highest BCUT2D eigenvalue weighted by Crippen LogP contribution is 2.36. The topological polar surface area (TPSA) is 56.7 Å². The highest BCUT2D eigenvalue weighted by atomic mass is 15.2. The first-order valence-electron chi connectivity index (χ1n) is 6.78. The Morgan fingerprint density at radius 2 is 2.00 bits per heavy atom. The minimum Gasteiger partial charge on any atom is -0.369 e. The van der Waals surface area contributed by atoms with Gasteiger partial charge in [0.05, 0.1) is 0 Å². The Hall–Kier alpha value is -1.58. The largest absolute Gasteiger partial charge is 0.369 e. The second-order valence-electron chi connectivity index (χ2n) is 5.46. The molecule has 4 nitrogen and oxygen atoms in total. The number of rotatable bonds is 1. The fourth-order valence-electron chi connectivity index (χ4n) is 3.09. The van der Waals surface area contributed by atoms with Crippen molar-refractivity contribution in [3.05, 3.63) is 17.8 Å². The molecule has 1 aliphatic rings. The lowest BCUT2D eigenvalue weighted by atomic mass is 9.86. The van der Waals surface area contributed by atoms with Crippen molar-refractivity contribution in [2.75, 3.05) is 5.73 Å². The molecule has 0 amide bonds. The number of hydrogen-bond acceptors (Lipinski definition) is 3. The van der Waals surface area contributed by atoms with Crippen molar-refractivity contribution in [1.29, 1.82) is 0 Å². The van der Waals surface area contributed by atoms with Gasteiger partial charge in [0.25, 0.3) is 0 Å². The number of hydrogen-bond donors (Lipinski definition) is 1. The number of nitrogen functional groups attached to an aromatic ring is 1. The Labute approximate surface area is 107 Å². The van der Waals surface area contributed by atoms with E-state index in [4.69, 9.17) is 5.73 Å². The summed E-state index contributed by atoms with van der Waals surface area (Å²) in [6, 6.07) is 4.46. The normalized spacial score (nSPS) is 24.6. The Balaban J connectivity index is 2.14. The van der Waals surface area contributed by atoms with Gasteiger partial charge in [-0.3, -0.25) is 4.57 Å². The van der Waals surface area contributed by atoms with Gasteiger partial charge >= 0.3 is 0 Å². The number of aryl methyl sites for hydroxylation is 1. The van der Waals surface area contributed by atoms with Crippen molar-refractivity contribution >= 4 is 17.1 Å². The van der Waals surface area contributed by atoms with Crippen LogP contribution in [-0.2, 0) is 0 Å². The molecule has 1 aliphatic carbocycles. The summed E-state index contributed by atoms with van der Waals surface area (Å²) in [5, 5.41) is 0. The van der Waals surface area contributed by atoms with E-state index in [0.717, 1.165) is 16.9 Å². The van der Waals surface area contributed by atoms with Crippen LogP contribution in [0.25, 0.3) is 11.2 Å². The zero-order valence-corrected chi connectivity index (χ0v) is 11.1. The van der Waals surface area contributed by atoms with Crippen LogP contribution < -0.4 is 5.73 Å². The van der Waals surface area contributed by atoms with Crippen molar-refractivity contribution in [3.63, 3.8) is 0 Å². The molecule has 0 aliphatic heterocycles. The first-order valence-corrected chi connectivity index (χ1v) is 6.78. The van der Waals surface area contributed by atoms with E-state index in [1.807, 2.05) is 19.1 Å². The monoisotopic (exact) mass is 244 g/mol. The number of imidazole rings is 1. The summed E-state index contributed by atoms with van der Waals surface area (Å²) in [5.41, 5.74) is 8.99. The molecule has 18 heavy (non-hydrogen) atoms. The molecule has 2 unspecified atom stereocenters. The summed E-state index contributed by atoms with van der Waals surface area (Å²) in [5.74, 6) is 1.27. The van der Waals surface area contributed by atoms with E-state index < -0.39 is 0 Å². The summed E-state index contributed by atoms with van der Waals surface area (Å²) < 4.78 is 2.16. The molecule has 0 spiro atoms. The van der Waals surface area contributed by atoms with E-state index in [2.05, 4.69) is 21.5 Å². The second kappa shape index (κ2) is 4.26. The van der Waals surface area contributed by atoms with Crippen LogP contribution >= 0.6 is 0 Å². The van der Waals surface area contributed by atoms with Gasteiger partial charge in [-0.15, -0.1) is 0 Å². The molecule has 3 rings (SSSR count). The van der Waals surface area contributed by atoms with Gasteiger partial charge in [-0.05, 0) is 37.8 Å². The molecule has 0 radical (unpaired) electrons. The average Bonchev–Trinajstić information content (AvgIpc) is 2.66. The Kier molecular flexibility index (Phi) is 2.73. The predicted molar refractivity (Wildman–Crippen MR) is 73.3 cm³/mol. The van der Waals surface area contributed by atoms with Gasteiger partial charge in [0.1, 0.15) is 5.52 Å². The van der Waals surface area contributed by atoms with Crippen molar-refractivity contribution in [2.24, 2.45) is 5.92 Å². The molecule has 0 saturated heterocycles. The van der Waals surface area contributed by atoms with Crippen molar-refractivity contribution in [3.8, 4) is 0 Å². The summed E-state index contributed by atoms with van der Waals surface area (Å²) in [6.45, 7) is 4.32. The van der Waals surface area contributed by atoms with Crippen LogP contribution in [0.15, 0.2) is 12.1 Å². The van der Waals surface area contributed by atoms with E-state index >= 15 is 0 Å². The smallest absolute Gasteiger partial charge is 0.202 e. The number of pyridine rings is 1. The summed E-state index contributed by atoms with van der Waals surface area (Å²) >= 11 is 0. The van der Waals surface area contributed by atoms with E-state index in [1.165, 1.54) is 25.7 Å². The zero-order chi connectivity index (χ0) is 12.7. The minimum atomic E-state index is 0.457. The maximum Gasteiger partial charge on any atom is 0.202 e. The first kappa shape index (κ1) is 11.5. The van der Waals surface area contributed by atoms with Crippen LogP contribution in [-0.4, -0.2) is 14.5 Å². The number of nitrogens with zero attached hydrogens (tertiary/aromatic N) is 3. The molecule has 2 aromatic rings.